The first-order valence-electron chi connectivity index (χ1n) is 8.55. The van der Waals surface area contributed by atoms with Crippen LogP contribution in [0, 0.1) is 10.1 Å². The molecule has 0 bridgehead atoms. The van der Waals surface area contributed by atoms with E-state index in [-0.39, 0.29) is 17.2 Å². The maximum atomic E-state index is 12.8. The molecule has 138 valence electrons. The Bertz CT molecular complexity index is 1060. The molecule has 2 aromatic heterocycles. The molecule has 1 atom stereocenters. The Kier molecular flexibility index (Phi) is 4.44. The zero-order valence-electron chi connectivity index (χ0n) is 14.3. The van der Waals surface area contributed by atoms with Gasteiger partial charge in [0.2, 0.25) is 0 Å². The topological polar surface area (TPSA) is 109 Å². The number of piperidine rings is 1. The number of aromatic nitrogens is 2. The van der Waals surface area contributed by atoms with Crippen LogP contribution in [0.2, 0.25) is 0 Å². The van der Waals surface area contributed by atoms with Crippen LogP contribution in [0.15, 0.2) is 41.3 Å². The zero-order valence-corrected chi connectivity index (χ0v) is 15.1. The molecule has 3 heterocycles. The van der Waals surface area contributed by atoms with Gasteiger partial charge in [-0.15, -0.1) is 11.3 Å². The van der Waals surface area contributed by atoms with Crippen molar-refractivity contribution in [2.45, 2.75) is 18.8 Å². The fraction of sp³-hybridized carbons (Fsp3) is 0.278. The number of carbonyl (C=O) groups is 1. The second kappa shape index (κ2) is 6.92. The Balaban J connectivity index is 1.59. The number of nitrogens with one attached hydrogen (secondary N) is 1. The number of carbonyl (C=O) groups excluding carboxylic acids is 1. The molecule has 3 aromatic rings. The van der Waals surface area contributed by atoms with Gasteiger partial charge in [-0.2, -0.15) is 0 Å². The van der Waals surface area contributed by atoms with Gasteiger partial charge in [-0.05, 0) is 25.0 Å². The number of H-pyrrole nitrogens is 1. The number of nitrogens with zero attached hydrogens (tertiary/aromatic N) is 3. The lowest BCUT2D eigenvalue weighted by molar-refractivity contribution is -0.385. The van der Waals surface area contributed by atoms with Crippen LogP contribution in [0.3, 0.4) is 0 Å². The lowest BCUT2D eigenvalue weighted by atomic mass is 9.98. The maximum absolute atomic E-state index is 12.8. The standard InChI is InChI=1S/C18H16N4O4S/c23-16-13(8-12(9-19-16)22(25)26)18(24)21-7-3-4-11(10-21)17-20-14-5-1-2-6-15(14)27-17/h1-2,5-6,8-9,11H,3-4,7,10H2,(H,19,23). The highest BCUT2D eigenvalue weighted by Crippen LogP contribution is 2.33. The van der Waals surface area contributed by atoms with E-state index < -0.39 is 16.4 Å². The number of hydrogen-bond donors (Lipinski definition) is 1. The average molecular weight is 384 g/mol. The van der Waals surface area contributed by atoms with E-state index in [2.05, 4.69) is 9.97 Å². The number of fused-ring (bicyclic) bond motifs is 1. The number of rotatable bonds is 3. The Labute approximate surface area is 157 Å². The van der Waals surface area contributed by atoms with Gasteiger partial charge in [0.15, 0.2) is 0 Å². The van der Waals surface area contributed by atoms with E-state index in [4.69, 9.17) is 0 Å². The van der Waals surface area contributed by atoms with Crippen molar-refractivity contribution in [2.75, 3.05) is 13.1 Å². The first-order valence-corrected chi connectivity index (χ1v) is 9.36. The third-order valence-electron chi connectivity index (χ3n) is 4.70. The highest BCUT2D eigenvalue weighted by Gasteiger charge is 2.29. The van der Waals surface area contributed by atoms with E-state index in [1.807, 2.05) is 24.3 Å². The van der Waals surface area contributed by atoms with Crippen molar-refractivity contribution in [3.63, 3.8) is 0 Å². The number of likely N-dealkylation sites (tertiary alicyclic amines) is 1. The third kappa shape index (κ3) is 3.33. The van der Waals surface area contributed by atoms with Crippen molar-refractivity contribution in [1.82, 2.24) is 14.9 Å². The van der Waals surface area contributed by atoms with Crippen molar-refractivity contribution in [3.8, 4) is 0 Å². The zero-order chi connectivity index (χ0) is 19.0. The summed E-state index contributed by atoms with van der Waals surface area (Å²) < 4.78 is 1.10. The lowest BCUT2D eigenvalue weighted by Gasteiger charge is -2.31. The van der Waals surface area contributed by atoms with Crippen LogP contribution in [-0.2, 0) is 0 Å². The van der Waals surface area contributed by atoms with Gasteiger partial charge in [-0.3, -0.25) is 19.7 Å². The van der Waals surface area contributed by atoms with Gasteiger partial charge >= 0.3 is 0 Å². The highest BCUT2D eigenvalue weighted by atomic mass is 32.1. The molecule has 1 amide bonds. The van der Waals surface area contributed by atoms with E-state index in [0.29, 0.717) is 13.1 Å². The van der Waals surface area contributed by atoms with E-state index >= 15 is 0 Å². The van der Waals surface area contributed by atoms with Gasteiger partial charge in [-0.25, -0.2) is 4.98 Å². The Morgan fingerprint density at radius 3 is 2.96 bits per heavy atom. The molecule has 1 saturated heterocycles. The van der Waals surface area contributed by atoms with Gasteiger partial charge in [0.05, 0.1) is 26.3 Å². The number of amides is 1. The molecule has 0 radical (unpaired) electrons. The molecule has 0 aliphatic carbocycles. The molecule has 8 nitrogen and oxygen atoms in total. The van der Waals surface area contributed by atoms with Crippen LogP contribution in [0.5, 0.6) is 0 Å². The number of nitro groups is 1. The Hall–Kier alpha value is -3.07. The molecule has 1 fully saturated rings. The summed E-state index contributed by atoms with van der Waals surface area (Å²) in [6.07, 6.45) is 2.70. The summed E-state index contributed by atoms with van der Waals surface area (Å²) in [6, 6.07) is 8.93. The summed E-state index contributed by atoms with van der Waals surface area (Å²) in [5.41, 5.74) is -0.185. The third-order valence-corrected chi connectivity index (χ3v) is 5.90. The van der Waals surface area contributed by atoms with Gasteiger partial charge in [-0.1, -0.05) is 12.1 Å². The fourth-order valence-electron chi connectivity index (χ4n) is 3.33. The van der Waals surface area contributed by atoms with Crippen LogP contribution in [0.4, 0.5) is 5.69 Å². The smallest absolute Gasteiger partial charge is 0.286 e. The molecule has 0 saturated carbocycles. The largest absolute Gasteiger partial charge is 0.338 e. The molecule has 9 heteroatoms. The SMILES string of the molecule is O=C(c1cc([N+](=O)[O-])c[nH]c1=O)N1CCCC(c2nc3ccccc3s2)C1. The van der Waals surface area contributed by atoms with Crippen molar-refractivity contribution in [2.24, 2.45) is 0 Å². The second-order valence-corrected chi connectivity index (χ2v) is 7.53. The van der Waals surface area contributed by atoms with Crippen LogP contribution in [0.1, 0.15) is 34.1 Å². The molecule has 4 rings (SSSR count). The van der Waals surface area contributed by atoms with E-state index in [1.165, 1.54) is 0 Å². The van der Waals surface area contributed by atoms with Crippen LogP contribution < -0.4 is 5.56 Å². The maximum Gasteiger partial charge on any atom is 0.286 e. The predicted octanol–water partition coefficient (Wildman–Crippen LogP) is 2.91. The van der Waals surface area contributed by atoms with Gasteiger partial charge in [0, 0.05) is 25.1 Å². The molecule has 1 N–H and O–H groups in total. The molecule has 1 aliphatic rings. The number of pyridine rings is 1. The molecule has 1 aromatic carbocycles. The van der Waals surface area contributed by atoms with Crippen molar-refractivity contribution >= 4 is 33.1 Å². The summed E-state index contributed by atoms with van der Waals surface area (Å²) in [4.78, 5) is 43.7. The molecule has 1 unspecified atom stereocenters. The highest BCUT2D eigenvalue weighted by molar-refractivity contribution is 7.18. The molecule has 1 aliphatic heterocycles. The fourth-order valence-corrected chi connectivity index (χ4v) is 4.43. The monoisotopic (exact) mass is 384 g/mol. The van der Waals surface area contributed by atoms with E-state index in [0.717, 1.165) is 40.3 Å². The minimum absolute atomic E-state index is 0.0953. The van der Waals surface area contributed by atoms with Gasteiger partial charge in [0.25, 0.3) is 17.2 Å². The Morgan fingerprint density at radius 2 is 2.19 bits per heavy atom. The number of hydrogen-bond acceptors (Lipinski definition) is 6. The normalized spacial score (nSPS) is 17.2. The summed E-state index contributed by atoms with van der Waals surface area (Å²) in [6.45, 7) is 0.961. The van der Waals surface area contributed by atoms with Crippen LogP contribution >= 0.6 is 11.3 Å². The van der Waals surface area contributed by atoms with Crippen LogP contribution in [-0.4, -0.2) is 38.8 Å². The van der Waals surface area contributed by atoms with Crippen LogP contribution in [0.25, 0.3) is 10.2 Å². The average Bonchev–Trinajstić information content (AvgIpc) is 3.12. The molecule has 0 spiro atoms. The van der Waals surface area contributed by atoms with Gasteiger partial charge < -0.3 is 9.88 Å². The molecular formula is C18H16N4O4S. The summed E-state index contributed by atoms with van der Waals surface area (Å²) in [7, 11) is 0. The summed E-state index contributed by atoms with van der Waals surface area (Å²) in [5.74, 6) is -0.386. The quantitative estimate of drug-likeness (QED) is 0.551. The Morgan fingerprint density at radius 1 is 1.37 bits per heavy atom. The minimum atomic E-state index is -0.632. The summed E-state index contributed by atoms with van der Waals surface area (Å²) >= 11 is 1.62. The van der Waals surface area contributed by atoms with Crippen molar-refractivity contribution in [3.05, 3.63) is 67.6 Å². The summed E-state index contributed by atoms with van der Waals surface area (Å²) in [5, 5.41) is 11.9. The molecule has 27 heavy (non-hydrogen) atoms. The number of thiazole rings is 1. The van der Waals surface area contributed by atoms with Crippen molar-refractivity contribution < 1.29 is 9.72 Å². The predicted molar refractivity (Wildman–Crippen MR) is 101 cm³/mol. The second-order valence-electron chi connectivity index (χ2n) is 6.47. The molecular weight excluding hydrogens is 368 g/mol. The first kappa shape index (κ1) is 17.3. The van der Waals surface area contributed by atoms with E-state index in [9.17, 15) is 19.7 Å². The first-order chi connectivity index (χ1) is 13.0. The number of para-hydroxylation sites is 1. The van der Waals surface area contributed by atoms with E-state index in [1.54, 1.807) is 16.2 Å². The number of aromatic amines is 1. The van der Waals surface area contributed by atoms with Gasteiger partial charge in [0.1, 0.15) is 5.56 Å². The minimum Gasteiger partial charge on any atom is -0.338 e. The van der Waals surface area contributed by atoms with Crippen molar-refractivity contribution in [1.29, 1.82) is 0 Å². The lowest BCUT2D eigenvalue weighted by Crippen LogP contribution is -2.41. The number of benzene rings is 1.